The summed E-state index contributed by atoms with van der Waals surface area (Å²) in [5, 5.41) is 44.6. The summed E-state index contributed by atoms with van der Waals surface area (Å²) in [6, 6.07) is 23.4. The number of nitrogens with zero attached hydrogens (tertiary/aromatic N) is 9. The molecule has 68 heavy (non-hydrogen) atoms. The molecular weight excluding hydrogens is 975 g/mol. The number of methoxy groups -OCH3 is 2. The number of fused-ring (bicyclic) bond motifs is 4. The van der Waals surface area contributed by atoms with E-state index in [1.165, 1.54) is 80.9 Å². The van der Waals surface area contributed by atoms with E-state index in [0.29, 0.717) is 23.1 Å². The predicted octanol–water partition coefficient (Wildman–Crippen LogP) is 8.68. The van der Waals surface area contributed by atoms with E-state index in [-0.39, 0.29) is 66.0 Å². The molecule has 0 fully saturated rings. The largest absolute Gasteiger partial charge is 0.505 e. The average Bonchev–Trinajstić information content (AvgIpc) is 3.74. The van der Waals surface area contributed by atoms with Crippen LogP contribution >= 0.6 is 0 Å². The van der Waals surface area contributed by atoms with Crippen molar-refractivity contribution in [3.63, 3.8) is 0 Å². The first kappa shape index (κ1) is 46.8. The minimum atomic E-state index is -5.11. The van der Waals surface area contributed by atoms with E-state index >= 15 is 0 Å². The number of benzene rings is 7. The van der Waals surface area contributed by atoms with Crippen molar-refractivity contribution >= 4 is 107 Å². The van der Waals surface area contributed by atoms with Crippen LogP contribution in [0.4, 0.5) is 34.1 Å². The Morgan fingerprint density at radius 1 is 0.485 bits per heavy atom. The zero-order chi connectivity index (χ0) is 48.9. The van der Waals surface area contributed by atoms with Gasteiger partial charge in [-0.3, -0.25) is 18.2 Å². The van der Waals surface area contributed by atoms with E-state index in [0.717, 1.165) is 16.9 Å². The summed E-state index contributed by atoms with van der Waals surface area (Å²) in [7, 11) is -16.8. The highest BCUT2D eigenvalue weighted by Crippen LogP contribution is 2.45. The second-order valence-corrected chi connectivity index (χ2v) is 19.7. The van der Waals surface area contributed by atoms with Gasteiger partial charge in [-0.1, -0.05) is 6.07 Å². The third-order valence-electron chi connectivity index (χ3n) is 9.81. The Morgan fingerprint density at radius 3 is 1.53 bits per heavy atom. The summed E-state index contributed by atoms with van der Waals surface area (Å²) < 4.78 is 146. The molecule has 28 heteroatoms. The summed E-state index contributed by atoms with van der Waals surface area (Å²) in [5.74, 6) is -0.550. The molecule has 1 heterocycles. The van der Waals surface area contributed by atoms with Crippen LogP contribution in [0.5, 0.6) is 17.2 Å². The summed E-state index contributed by atoms with van der Waals surface area (Å²) in [6.07, 6.45) is 0. The minimum Gasteiger partial charge on any atom is -0.505 e. The van der Waals surface area contributed by atoms with Gasteiger partial charge in [-0.05, 0) is 96.4 Å². The van der Waals surface area contributed by atoms with Crippen LogP contribution in [-0.4, -0.2) is 86.2 Å². The molecule has 0 bridgehead atoms. The Hall–Kier alpha value is -7.70. The molecule has 0 amide bonds. The van der Waals surface area contributed by atoms with E-state index in [1.54, 1.807) is 24.3 Å². The Balaban J connectivity index is 1.09. The van der Waals surface area contributed by atoms with Gasteiger partial charge in [0.1, 0.15) is 49.4 Å². The summed E-state index contributed by atoms with van der Waals surface area (Å²) >= 11 is 0. The topological polar surface area (TPSA) is 361 Å². The lowest BCUT2D eigenvalue weighted by Crippen LogP contribution is -2.04. The highest BCUT2D eigenvalue weighted by molar-refractivity contribution is 7.87. The molecule has 5 N–H and O–H groups in total. The Bertz CT molecular complexity index is 3940. The fourth-order valence-electron chi connectivity index (χ4n) is 6.61. The lowest BCUT2D eigenvalue weighted by Gasteiger charge is -2.11. The van der Waals surface area contributed by atoms with Gasteiger partial charge in [0, 0.05) is 28.3 Å². The van der Waals surface area contributed by atoms with Crippen molar-refractivity contribution in [3.8, 4) is 22.9 Å². The van der Waals surface area contributed by atoms with Gasteiger partial charge in [-0.15, -0.1) is 25.5 Å². The molecule has 348 valence electrons. The zero-order valence-corrected chi connectivity index (χ0v) is 37.6. The molecule has 0 aliphatic heterocycles. The van der Waals surface area contributed by atoms with Gasteiger partial charge in [-0.2, -0.15) is 53.8 Å². The van der Waals surface area contributed by atoms with E-state index in [1.807, 2.05) is 0 Å². The average molecular weight is 1000 g/mol. The van der Waals surface area contributed by atoms with E-state index in [4.69, 9.17) is 14.0 Å². The fraction of sp³-hybridized carbons (Fsp3) is 0.0500. The lowest BCUT2D eigenvalue weighted by molar-refractivity contribution is 0.405. The van der Waals surface area contributed by atoms with Crippen LogP contribution in [0.15, 0.2) is 159 Å². The first-order valence-electron chi connectivity index (χ1n) is 18.8. The fourth-order valence-corrected chi connectivity index (χ4v) is 9.09. The maximum absolute atomic E-state index is 12.7. The minimum absolute atomic E-state index is 0.0253. The SMILES string of the molecule is COc1cc(N=Nc2c(S(=O)(=O)O)cc3cc(-n4nc5ccc6c(S(=O)(=O)O)cc(S(=O)(=O)O)cc6c5n4)ccc3c2O)c(OC)cc1N=Nc1ccc(N=Nc2ccc(S(=O)(=O)O)cc2)cc1. The second-order valence-electron chi connectivity index (χ2n) is 14.1. The molecule has 24 nitrogen and oxygen atoms in total. The number of hydrogen-bond donors (Lipinski definition) is 5. The normalized spacial score (nSPS) is 12.9. The highest BCUT2D eigenvalue weighted by atomic mass is 32.2. The van der Waals surface area contributed by atoms with Crippen molar-refractivity contribution in [2.75, 3.05) is 14.2 Å². The van der Waals surface area contributed by atoms with Gasteiger partial charge < -0.3 is 14.6 Å². The molecule has 0 saturated heterocycles. The third-order valence-corrected chi connectivity index (χ3v) is 13.3. The van der Waals surface area contributed by atoms with Crippen molar-refractivity contribution in [1.29, 1.82) is 0 Å². The van der Waals surface area contributed by atoms with Crippen LogP contribution < -0.4 is 9.47 Å². The molecule has 0 atom stereocenters. The van der Waals surface area contributed by atoms with Crippen LogP contribution in [0.1, 0.15) is 0 Å². The van der Waals surface area contributed by atoms with Gasteiger partial charge in [0.05, 0.1) is 46.8 Å². The first-order valence-corrected chi connectivity index (χ1v) is 24.5. The molecule has 0 saturated carbocycles. The predicted molar refractivity (Wildman–Crippen MR) is 240 cm³/mol. The van der Waals surface area contributed by atoms with Crippen molar-refractivity contribution < 1.29 is 66.5 Å². The summed E-state index contributed by atoms with van der Waals surface area (Å²) in [6.45, 7) is 0. The smallest absolute Gasteiger partial charge is 0.296 e. The quantitative estimate of drug-likeness (QED) is 0.0532. The monoisotopic (exact) mass is 1000 g/mol. The highest BCUT2D eigenvalue weighted by Gasteiger charge is 2.25. The molecule has 0 spiro atoms. The Morgan fingerprint density at radius 2 is 1.00 bits per heavy atom. The molecule has 8 aromatic rings. The summed E-state index contributed by atoms with van der Waals surface area (Å²) in [4.78, 5) is -1.78. The van der Waals surface area contributed by atoms with Crippen molar-refractivity contribution in [2.45, 2.75) is 19.6 Å². The van der Waals surface area contributed by atoms with Crippen LogP contribution in [0.2, 0.25) is 0 Å². The van der Waals surface area contributed by atoms with E-state index < -0.39 is 66.6 Å². The lowest BCUT2D eigenvalue weighted by atomic mass is 10.1. The number of ether oxygens (including phenoxy) is 2. The number of aromatic nitrogens is 3. The molecule has 7 aromatic carbocycles. The molecular formula is C40H29N9O15S4. The third kappa shape index (κ3) is 9.59. The maximum atomic E-state index is 12.7. The van der Waals surface area contributed by atoms with Gasteiger partial charge in [-0.25, -0.2) is 0 Å². The van der Waals surface area contributed by atoms with E-state index in [2.05, 4.69) is 40.9 Å². The van der Waals surface area contributed by atoms with Gasteiger partial charge in [0.25, 0.3) is 40.5 Å². The van der Waals surface area contributed by atoms with Crippen molar-refractivity contribution in [3.05, 3.63) is 109 Å². The van der Waals surface area contributed by atoms with Gasteiger partial charge in [0.2, 0.25) is 0 Å². The number of azo groups is 3. The molecule has 0 unspecified atom stereocenters. The Kier molecular flexibility index (Phi) is 12.1. The number of aromatic hydroxyl groups is 1. The van der Waals surface area contributed by atoms with Gasteiger partial charge >= 0.3 is 0 Å². The van der Waals surface area contributed by atoms with Crippen molar-refractivity contribution in [2.24, 2.45) is 30.7 Å². The summed E-state index contributed by atoms with van der Waals surface area (Å²) in [5.41, 5.74) is 0.814. The standard InChI is InChI=1S/C40H29N9O15S4/c1-63-34-20-33(35(64-2)19-32(34)44-43-23-5-3-22(4-6-23)41-42-24-7-10-26(11-8-24)65(51,52)53)45-46-39-37(68(60,61)62)16-21-15-25(9-12-28(21)40(39)50)49-47-31-14-13-29-30(38(31)48-49)17-27(66(54,55)56)18-36(29)67(57,58)59/h3-20,50H,1-2H3,(H,51,52,53)(H,54,55,56)(H,57,58,59)(H,60,61,62). The van der Waals surface area contributed by atoms with Gasteiger partial charge in [0.15, 0.2) is 5.75 Å². The van der Waals surface area contributed by atoms with Crippen molar-refractivity contribution in [1.82, 2.24) is 15.0 Å². The van der Waals surface area contributed by atoms with E-state index in [9.17, 15) is 52.4 Å². The van der Waals surface area contributed by atoms with Crippen LogP contribution in [0, 0.1) is 0 Å². The molecule has 0 radical (unpaired) electrons. The number of rotatable bonds is 13. The van der Waals surface area contributed by atoms with Crippen LogP contribution in [0.25, 0.3) is 38.3 Å². The maximum Gasteiger partial charge on any atom is 0.296 e. The zero-order valence-electron chi connectivity index (χ0n) is 34.4. The number of phenolic OH excluding ortho intramolecular Hbond substituents is 1. The van der Waals surface area contributed by atoms with Crippen LogP contribution in [-0.2, 0) is 40.5 Å². The second kappa shape index (κ2) is 17.5. The number of phenols is 1. The Labute approximate surface area is 383 Å². The molecule has 0 aliphatic carbocycles. The molecule has 1 aromatic heterocycles. The van der Waals surface area contributed by atoms with Crippen LogP contribution in [0.3, 0.4) is 0 Å². The number of hydrogen-bond acceptors (Lipinski definition) is 19. The molecule has 8 rings (SSSR count). The first-order chi connectivity index (χ1) is 32.0. The molecule has 0 aliphatic rings.